The third-order valence-corrected chi connectivity index (χ3v) is 3.31. The molecule has 1 N–H and O–H groups in total. The van der Waals surface area contributed by atoms with E-state index in [2.05, 4.69) is 24.4 Å². The molecule has 2 aromatic rings. The summed E-state index contributed by atoms with van der Waals surface area (Å²) in [6.07, 6.45) is 0.914. The zero-order valence-electron chi connectivity index (χ0n) is 11.9. The maximum absolute atomic E-state index is 13.8. The minimum absolute atomic E-state index is 0.233. The van der Waals surface area contributed by atoms with Gasteiger partial charge in [-0.25, -0.2) is 4.39 Å². The van der Waals surface area contributed by atoms with Gasteiger partial charge in [0.25, 0.3) is 0 Å². The van der Waals surface area contributed by atoms with Gasteiger partial charge in [0.1, 0.15) is 11.6 Å². The molecule has 0 aromatic heterocycles. The van der Waals surface area contributed by atoms with Crippen LogP contribution in [0.3, 0.4) is 0 Å². The maximum Gasteiger partial charge on any atom is 0.131 e. The molecule has 0 heterocycles. The number of benzene rings is 2. The van der Waals surface area contributed by atoms with Crippen molar-refractivity contribution in [3.05, 3.63) is 65.5 Å². The second-order valence-corrected chi connectivity index (χ2v) is 4.89. The van der Waals surface area contributed by atoms with Crippen molar-refractivity contribution in [2.24, 2.45) is 0 Å². The molecule has 0 fully saturated rings. The van der Waals surface area contributed by atoms with Gasteiger partial charge < -0.3 is 10.1 Å². The standard InChI is InChI=1S/C17H20FNO/c1-13(11-14-7-4-3-5-8-14)19-12-15-16(18)9-6-10-17(15)20-2/h3-10,13,19H,11-12H2,1-2H3/t13-/m1/s1. The predicted molar refractivity (Wildman–Crippen MR) is 79.4 cm³/mol. The van der Waals surface area contributed by atoms with E-state index in [1.807, 2.05) is 18.2 Å². The lowest BCUT2D eigenvalue weighted by atomic mass is 10.1. The Kier molecular flexibility index (Phi) is 5.13. The quantitative estimate of drug-likeness (QED) is 0.869. The highest BCUT2D eigenvalue weighted by Crippen LogP contribution is 2.21. The number of nitrogens with one attached hydrogen (secondary N) is 1. The van der Waals surface area contributed by atoms with Gasteiger partial charge in [0.05, 0.1) is 7.11 Å². The van der Waals surface area contributed by atoms with E-state index in [0.29, 0.717) is 17.9 Å². The average molecular weight is 273 g/mol. The molecule has 1 atom stereocenters. The predicted octanol–water partition coefficient (Wildman–Crippen LogP) is 3.56. The summed E-state index contributed by atoms with van der Waals surface area (Å²) in [4.78, 5) is 0. The first kappa shape index (κ1) is 14.5. The summed E-state index contributed by atoms with van der Waals surface area (Å²) >= 11 is 0. The van der Waals surface area contributed by atoms with Crippen molar-refractivity contribution in [1.29, 1.82) is 0 Å². The minimum Gasteiger partial charge on any atom is -0.496 e. The van der Waals surface area contributed by atoms with E-state index in [0.717, 1.165) is 6.42 Å². The summed E-state index contributed by atoms with van der Waals surface area (Å²) in [5, 5.41) is 3.34. The smallest absolute Gasteiger partial charge is 0.131 e. The molecule has 0 amide bonds. The van der Waals surface area contributed by atoms with Crippen molar-refractivity contribution in [3.8, 4) is 5.75 Å². The maximum atomic E-state index is 13.8. The van der Waals surface area contributed by atoms with Crippen molar-refractivity contribution < 1.29 is 9.13 Å². The minimum atomic E-state index is -0.233. The Bertz CT molecular complexity index is 542. The summed E-state index contributed by atoms with van der Waals surface area (Å²) in [6, 6.07) is 15.4. The van der Waals surface area contributed by atoms with Crippen LogP contribution < -0.4 is 10.1 Å². The van der Waals surface area contributed by atoms with Crippen LogP contribution in [0.15, 0.2) is 48.5 Å². The lowest BCUT2D eigenvalue weighted by Gasteiger charge is -2.16. The zero-order chi connectivity index (χ0) is 14.4. The second kappa shape index (κ2) is 7.06. The highest BCUT2D eigenvalue weighted by Gasteiger charge is 2.10. The van der Waals surface area contributed by atoms with Crippen LogP contribution in [0.2, 0.25) is 0 Å². The topological polar surface area (TPSA) is 21.3 Å². The summed E-state index contributed by atoms with van der Waals surface area (Å²) in [7, 11) is 1.56. The fraction of sp³-hybridized carbons (Fsp3) is 0.294. The molecule has 0 aliphatic heterocycles. The normalized spacial score (nSPS) is 12.2. The van der Waals surface area contributed by atoms with Crippen LogP contribution in [-0.2, 0) is 13.0 Å². The number of hydrogen-bond donors (Lipinski definition) is 1. The van der Waals surface area contributed by atoms with Crippen molar-refractivity contribution in [1.82, 2.24) is 5.32 Å². The number of ether oxygens (including phenoxy) is 1. The molecule has 0 aliphatic rings. The number of methoxy groups -OCH3 is 1. The summed E-state index contributed by atoms with van der Waals surface area (Å²) in [5.41, 5.74) is 1.85. The van der Waals surface area contributed by atoms with Crippen LogP contribution in [0, 0.1) is 5.82 Å². The highest BCUT2D eigenvalue weighted by atomic mass is 19.1. The van der Waals surface area contributed by atoms with E-state index in [1.54, 1.807) is 19.2 Å². The van der Waals surface area contributed by atoms with Crippen molar-refractivity contribution in [3.63, 3.8) is 0 Å². The van der Waals surface area contributed by atoms with Crippen LogP contribution >= 0.6 is 0 Å². The lowest BCUT2D eigenvalue weighted by molar-refractivity contribution is 0.399. The van der Waals surface area contributed by atoms with Gasteiger partial charge in [-0.2, -0.15) is 0 Å². The average Bonchev–Trinajstić information content (AvgIpc) is 2.46. The monoisotopic (exact) mass is 273 g/mol. The first-order valence-electron chi connectivity index (χ1n) is 6.79. The molecular formula is C17H20FNO. The third kappa shape index (κ3) is 3.81. The van der Waals surface area contributed by atoms with Gasteiger partial charge in [-0.15, -0.1) is 0 Å². The molecule has 0 bridgehead atoms. The van der Waals surface area contributed by atoms with Gasteiger partial charge >= 0.3 is 0 Å². The van der Waals surface area contributed by atoms with E-state index in [-0.39, 0.29) is 11.9 Å². The Morgan fingerprint density at radius 2 is 1.85 bits per heavy atom. The van der Waals surface area contributed by atoms with E-state index in [4.69, 9.17) is 4.74 Å². The van der Waals surface area contributed by atoms with Gasteiger partial charge in [0.2, 0.25) is 0 Å². The molecule has 0 spiro atoms. The Balaban J connectivity index is 1.95. The second-order valence-electron chi connectivity index (χ2n) is 4.89. The van der Waals surface area contributed by atoms with Gasteiger partial charge in [0, 0.05) is 18.2 Å². The number of rotatable bonds is 6. The fourth-order valence-electron chi connectivity index (χ4n) is 2.22. The molecule has 2 rings (SSSR count). The van der Waals surface area contributed by atoms with Crippen LogP contribution in [0.4, 0.5) is 4.39 Å². The highest BCUT2D eigenvalue weighted by molar-refractivity contribution is 5.34. The molecule has 0 saturated heterocycles. The molecule has 106 valence electrons. The Hall–Kier alpha value is -1.87. The van der Waals surface area contributed by atoms with Gasteiger partial charge in [0.15, 0.2) is 0 Å². The van der Waals surface area contributed by atoms with E-state index in [9.17, 15) is 4.39 Å². The summed E-state index contributed by atoms with van der Waals surface area (Å²) in [6.45, 7) is 2.56. The summed E-state index contributed by atoms with van der Waals surface area (Å²) < 4.78 is 19.0. The van der Waals surface area contributed by atoms with Crippen LogP contribution in [-0.4, -0.2) is 13.2 Å². The van der Waals surface area contributed by atoms with E-state index in [1.165, 1.54) is 11.6 Å². The third-order valence-electron chi connectivity index (χ3n) is 3.31. The molecular weight excluding hydrogens is 253 g/mol. The molecule has 0 saturated carbocycles. The number of halogens is 1. The SMILES string of the molecule is COc1cccc(F)c1CN[C@H](C)Cc1ccccc1. The first-order valence-corrected chi connectivity index (χ1v) is 6.79. The molecule has 0 aliphatic carbocycles. The van der Waals surface area contributed by atoms with E-state index >= 15 is 0 Å². The van der Waals surface area contributed by atoms with Crippen molar-refractivity contribution in [2.45, 2.75) is 25.9 Å². The van der Waals surface area contributed by atoms with E-state index < -0.39 is 0 Å². The lowest BCUT2D eigenvalue weighted by Crippen LogP contribution is -2.28. The first-order chi connectivity index (χ1) is 9.70. The van der Waals surface area contributed by atoms with Crippen LogP contribution in [0.5, 0.6) is 5.75 Å². The molecule has 3 heteroatoms. The molecule has 20 heavy (non-hydrogen) atoms. The van der Waals surface area contributed by atoms with Crippen LogP contribution in [0.25, 0.3) is 0 Å². The Morgan fingerprint density at radius 3 is 2.55 bits per heavy atom. The molecule has 2 nitrogen and oxygen atoms in total. The Morgan fingerprint density at radius 1 is 1.10 bits per heavy atom. The molecule has 0 unspecified atom stereocenters. The van der Waals surface area contributed by atoms with Crippen molar-refractivity contribution >= 4 is 0 Å². The molecule has 2 aromatic carbocycles. The molecule has 0 radical (unpaired) electrons. The largest absolute Gasteiger partial charge is 0.496 e. The van der Waals surface area contributed by atoms with Gasteiger partial charge in [-0.3, -0.25) is 0 Å². The van der Waals surface area contributed by atoms with Gasteiger partial charge in [-0.1, -0.05) is 36.4 Å². The number of hydrogen-bond acceptors (Lipinski definition) is 2. The fourth-order valence-corrected chi connectivity index (χ4v) is 2.22. The van der Waals surface area contributed by atoms with Gasteiger partial charge in [-0.05, 0) is 31.0 Å². The summed E-state index contributed by atoms with van der Waals surface area (Å²) in [5.74, 6) is 0.355. The van der Waals surface area contributed by atoms with Crippen molar-refractivity contribution in [2.75, 3.05) is 7.11 Å². The zero-order valence-corrected chi connectivity index (χ0v) is 11.9. The Labute approximate surface area is 119 Å². The van der Waals surface area contributed by atoms with Crippen LogP contribution in [0.1, 0.15) is 18.1 Å².